The minimum atomic E-state index is -5.93. The molecule has 54 heavy (non-hydrogen) atoms. The van der Waals surface area contributed by atoms with Crippen molar-refractivity contribution in [1.82, 2.24) is 0 Å². The van der Waals surface area contributed by atoms with Crippen LogP contribution >= 0.6 is 0 Å². The average Bonchev–Trinajstić information content (AvgIpc) is 3.11. The molecule has 12 saturated carbocycles. The average molecular weight is 772 g/mol. The summed E-state index contributed by atoms with van der Waals surface area (Å²) >= 11 is 0. The summed E-state index contributed by atoms with van der Waals surface area (Å²) in [6, 6.07) is 4.09. The van der Waals surface area contributed by atoms with E-state index in [4.69, 9.17) is 4.74 Å². The van der Waals surface area contributed by atoms with Crippen molar-refractivity contribution in [1.29, 1.82) is 0 Å². The zero-order valence-electron chi connectivity index (χ0n) is 29.9. The van der Waals surface area contributed by atoms with Crippen LogP contribution in [0.25, 0.3) is 0 Å². The summed E-state index contributed by atoms with van der Waals surface area (Å²) in [5, 5.41) is 35.1. The molecule has 12 heteroatoms. The predicted octanol–water partition coefficient (Wildman–Crippen LogP) is 7.47. The van der Waals surface area contributed by atoms with Crippen LogP contribution in [0.4, 0.5) is 17.6 Å². The first kappa shape index (κ1) is 35.0. The standard InChI is InChI=1S/C42H48F4O7S/c43-33-35(45)42(54(50,51)52)36(46)34(44)41(33)53-40-28(31-19-2-16-5-23(11-19)38(48)26(31)8-16)13-21(30-18-1-15-4-22(10-18)37(47)25(30)7-15)14-29(40)32-20-3-17-6-24(12-20)39(49)27(32)9-17/h13-20,22-27,30-32,37-39,47-49H,1-12H2,(H,50,51,52)/p-1. The predicted molar refractivity (Wildman–Crippen MR) is 184 cm³/mol. The molecule has 2 aromatic carbocycles. The van der Waals surface area contributed by atoms with Gasteiger partial charge in [-0.15, -0.1) is 0 Å². The molecule has 12 bridgehead atoms. The Morgan fingerprint density at radius 1 is 0.519 bits per heavy atom. The van der Waals surface area contributed by atoms with Crippen LogP contribution in [0.15, 0.2) is 17.0 Å². The molecule has 18 atom stereocenters. The highest BCUT2D eigenvalue weighted by Gasteiger charge is 2.58. The van der Waals surface area contributed by atoms with E-state index in [1.54, 1.807) is 0 Å². The Hall–Kier alpha value is -2.25. The first-order valence-electron chi connectivity index (χ1n) is 20.5. The quantitative estimate of drug-likeness (QED) is 0.158. The molecule has 0 heterocycles. The fourth-order valence-electron chi connectivity index (χ4n) is 15.6. The zero-order chi connectivity index (χ0) is 37.3. The van der Waals surface area contributed by atoms with Gasteiger partial charge in [-0.2, -0.15) is 8.78 Å². The maximum Gasteiger partial charge on any atom is 0.205 e. The topological polar surface area (TPSA) is 127 Å². The van der Waals surface area contributed by atoms with Crippen molar-refractivity contribution in [2.75, 3.05) is 0 Å². The Bertz CT molecular complexity index is 1950. The molecule has 2 aromatic rings. The first-order chi connectivity index (χ1) is 25.7. The van der Waals surface area contributed by atoms with E-state index in [1.807, 2.05) is 12.1 Å². The molecule has 7 nitrogen and oxygen atoms in total. The van der Waals surface area contributed by atoms with Gasteiger partial charge < -0.3 is 24.6 Å². The number of rotatable bonds is 6. The molecule has 0 saturated heterocycles. The third-order valence-electron chi connectivity index (χ3n) is 17.0. The molecule has 0 amide bonds. The Balaban J connectivity index is 1.15. The molecule has 12 aliphatic carbocycles. The second-order valence-corrected chi connectivity index (χ2v) is 20.8. The first-order valence-corrected chi connectivity index (χ1v) is 21.9. The van der Waals surface area contributed by atoms with Gasteiger partial charge in [0, 0.05) is 0 Å². The SMILES string of the molecule is O=S(=O)([O-])c1c(F)c(F)c(Oc2c(C3C4CC5CC(C4)C(O)C3C5)cc(C3C4CC5CC(C4)C(O)C3C5)cc2C2C3CC4CC(C3)C(O)C2C4)c(F)c1F. The van der Waals surface area contributed by atoms with Gasteiger partial charge >= 0.3 is 0 Å². The monoisotopic (exact) mass is 771 g/mol. The molecule has 0 spiro atoms. The molecule has 12 fully saturated rings. The second kappa shape index (κ2) is 11.9. The number of aliphatic hydroxyl groups excluding tert-OH is 3. The largest absolute Gasteiger partial charge is 0.744 e. The zero-order valence-corrected chi connectivity index (χ0v) is 30.7. The molecule has 0 radical (unpaired) electrons. The van der Waals surface area contributed by atoms with Crippen LogP contribution in [0.3, 0.4) is 0 Å². The maximum absolute atomic E-state index is 16.0. The normalized spacial score (nSPS) is 46.5. The highest BCUT2D eigenvalue weighted by molar-refractivity contribution is 7.85. The van der Waals surface area contributed by atoms with Crippen LogP contribution in [0.2, 0.25) is 0 Å². The van der Waals surface area contributed by atoms with Gasteiger partial charge in [0.2, 0.25) is 17.4 Å². The molecular formula is C42H47F4O7S-. The molecule has 12 aliphatic rings. The van der Waals surface area contributed by atoms with E-state index in [0.717, 1.165) is 82.6 Å². The number of benzene rings is 2. The van der Waals surface area contributed by atoms with E-state index in [-0.39, 0.29) is 70.8 Å². The van der Waals surface area contributed by atoms with Crippen LogP contribution in [-0.2, 0) is 10.1 Å². The fraction of sp³-hybridized carbons (Fsp3) is 0.714. The Morgan fingerprint density at radius 3 is 1.30 bits per heavy atom. The van der Waals surface area contributed by atoms with Gasteiger partial charge in [0.25, 0.3) is 0 Å². The summed E-state index contributed by atoms with van der Waals surface area (Å²) in [7, 11) is -5.93. The summed E-state index contributed by atoms with van der Waals surface area (Å²) in [4.78, 5) is -2.23. The number of halogens is 4. The lowest BCUT2D eigenvalue weighted by Gasteiger charge is -2.59. The summed E-state index contributed by atoms with van der Waals surface area (Å²) in [5.74, 6) is -8.50. The number of hydrogen-bond donors (Lipinski definition) is 3. The van der Waals surface area contributed by atoms with Crippen molar-refractivity contribution < 1.29 is 50.6 Å². The van der Waals surface area contributed by atoms with Crippen molar-refractivity contribution in [3.8, 4) is 11.5 Å². The summed E-state index contributed by atoms with van der Waals surface area (Å²) in [6.07, 6.45) is 9.12. The molecule has 18 unspecified atom stereocenters. The minimum Gasteiger partial charge on any atom is -0.744 e. The van der Waals surface area contributed by atoms with Crippen molar-refractivity contribution in [2.45, 2.75) is 118 Å². The molecule has 0 aliphatic heterocycles. The van der Waals surface area contributed by atoms with E-state index in [2.05, 4.69) is 0 Å². The number of aliphatic hydroxyl groups is 3. The molecule has 292 valence electrons. The van der Waals surface area contributed by atoms with Crippen molar-refractivity contribution >= 4 is 10.1 Å². The number of ether oxygens (including phenoxy) is 1. The van der Waals surface area contributed by atoms with E-state index in [1.165, 1.54) is 0 Å². The second-order valence-electron chi connectivity index (χ2n) is 19.5. The van der Waals surface area contributed by atoms with Crippen LogP contribution < -0.4 is 4.74 Å². The summed E-state index contributed by atoms with van der Waals surface area (Å²) < 4.78 is 104. The van der Waals surface area contributed by atoms with E-state index < -0.39 is 62.3 Å². The van der Waals surface area contributed by atoms with Crippen LogP contribution in [-0.4, -0.2) is 46.6 Å². The number of hydrogen-bond acceptors (Lipinski definition) is 7. The smallest absolute Gasteiger partial charge is 0.205 e. The van der Waals surface area contributed by atoms with Crippen molar-refractivity contribution in [2.24, 2.45) is 71.0 Å². The molecular weight excluding hydrogens is 725 g/mol. The Kier molecular flexibility index (Phi) is 7.70. The van der Waals surface area contributed by atoms with E-state index >= 15 is 17.6 Å². The van der Waals surface area contributed by atoms with Gasteiger partial charge in [-0.05, 0) is 183 Å². The van der Waals surface area contributed by atoms with Crippen LogP contribution in [0, 0.1) is 94.3 Å². The highest BCUT2D eigenvalue weighted by atomic mass is 32.2. The van der Waals surface area contributed by atoms with Crippen LogP contribution in [0.5, 0.6) is 11.5 Å². The summed E-state index contributed by atoms with van der Waals surface area (Å²) in [5.41, 5.74) is 2.27. The van der Waals surface area contributed by atoms with E-state index in [9.17, 15) is 28.3 Å². The van der Waals surface area contributed by atoms with E-state index in [0.29, 0.717) is 34.8 Å². The van der Waals surface area contributed by atoms with Crippen LogP contribution in [0.1, 0.15) is 111 Å². The lowest BCUT2D eigenvalue weighted by Crippen LogP contribution is -2.53. The van der Waals surface area contributed by atoms with Gasteiger partial charge in [-0.25, -0.2) is 17.2 Å². The van der Waals surface area contributed by atoms with Gasteiger partial charge in [-0.3, -0.25) is 0 Å². The Morgan fingerprint density at radius 2 is 0.889 bits per heavy atom. The Labute approximate surface area is 312 Å². The van der Waals surface area contributed by atoms with Gasteiger partial charge in [0.15, 0.2) is 11.6 Å². The van der Waals surface area contributed by atoms with Gasteiger partial charge in [0.1, 0.15) is 20.8 Å². The molecule has 0 aromatic heterocycles. The van der Waals surface area contributed by atoms with Crippen molar-refractivity contribution in [3.63, 3.8) is 0 Å². The fourth-order valence-corrected chi connectivity index (χ4v) is 16.3. The summed E-state index contributed by atoms with van der Waals surface area (Å²) in [6.45, 7) is 0. The molecule has 14 rings (SSSR count). The highest BCUT2D eigenvalue weighted by Crippen LogP contribution is 2.66. The van der Waals surface area contributed by atoms with Gasteiger partial charge in [-0.1, -0.05) is 12.1 Å². The third kappa shape index (κ3) is 4.87. The molecule has 3 N–H and O–H groups in total. The maximum atomic E-state index is 16.0. The van der Waals surface area contributed by atoms with Gasteiger partial charge in [0.05, 0.1) is 18.3 Å². The minimum absolute atomic E-state index is 0.0211. The van der Waals surface area contributed by atoms with Crippen molar-refractivity contribution in [3.05, 3.63) is 52.1 Å². The third-order valence-corrected chi connectivity index (χ3v) is 17.9. The lowest BCUT2D eigenvalue weighted by atomic mass is 9.47. The lowest BCUT2D eigenvalue weighted by molar-refractivity contribution is -0.110.